The van der Waals surface area contributed by atoms with Crippen LogP contribution in [0.2, 0.25) is 0 Å². The van der Waals surface area contributed by atoms with Gasteiger partial charge in [0.2, 0.25) is 5.91 Å². The van der Waals surface area contributed by atoms with Crippen molar-refractivity contribution in [1.29, 1.82) is 0 Å². The summed E-state index contributed by atoms with van der Waals surface area (Å²) in [6.07, 6.45) is 62.3. The van der Waals surface area contributed by atoms with Crippen molar-refractivity contribution in [2.45, 2.75) is 365 Å². The van der Waals surface area contributed by atoms with Crippen LogP contribution in [0, 0.1) is 0 Å². The van der Waals surface area contributed by atoms with E-state index >= 15 is 0 Å². The Morgan fingerprint density at radius 3 is 1.18 bits per heavy atom. The van der Waals surface area contributed by atoms with Crippen molar-refractivity contribution in [3.05, 3.63) is 24.3 Å². The largest absolute Gasteiger partial charge is 0.394 e. The van der Waals surface area contributed by atoms with Gasteiger partial charge in [-0.15, -0.1) is 0 Å². The van der Waals surface area contributed by atoms with Crippen molar-refractivity contribution >= 4 is 5.91 Å². The van der Waals surface area contributed by atoms with Gasteiger partial charge in [-0.25, -0.2) is 0 Å². The number of carbonyl (C=O) groups excluding carboxylic acids is 1. The third kappa shape index (κ3) is 43.4. The zero-order valence-corrected chi connectivity index (χ0v) is 48.2. The van der Waals surface area contributed by atoms with Crippen LogP contribution < -0.4 is 5.32 Å². The highest BCUT2D eigenvalue weighted by atomic mass is 16.7. The molecular formula is C64H123NO8. The average Bonchev–Trinajstić information content (AvgIpc) is 3.39. The summed E-state index contributed by atoms with van der Waals surface area (Å²) in [4.78, 5) is 13.1. The van der Waals surface area contributed by atoms with Gasteiger partial charge in [0, 0.05) is 6.42 Å². The summed E-state index contributed by atoms with van der Waals surface area (Å²) in [5.74, 6) is -0.138. The molecule has 1 fully saturated rings. The quantitative estimate of drug-likeness (QED) is 0.0261. The number of allylic oxidation sites excluding steroid dienone is 4. The van der Waals surface area contributed by atoms with Crippen LogP contribution in [0.5, 0.6) is 0 Å². The van der Waals surface area contributed by atoms with Crippen LogP contribution in [-0.4, -0.2) is 87.5 Å². The molecule has 7 unspecified atom stereocenters. The van der Waals surface area contributed by atoms with E-state index in [1.165, 1.54) is 250 Å². The molecule has 0 saturated carbocycles. The number of ether oxygens (including phenoxy) is 2. The van der Waals surface area contributed by atoms with Crippen LogP contribution in [0.4, 0.5) is 0 Å². The minimum atomic E-state index is -1.55. The van der Waals surface area contributed by atoms with Crippen LogP contribution in [0.1, 0.15) is 322 Å². The first-order chi connectivity index (χ1) is 35.8. The maximum absolute atomic E-state index is 13.1. The normalized spacial score (nSPS) is 19.1. The number of aliphatic hydroxyl groups excluding tert-OH is 5. The molecular weight excluding hydrogens is 911 g/mol. The Hall–Kier alpha value is -1.33. The third-order valence-corrected chi connectivity index (χ3v) is 15.6. The van der Waals surface area contributed by atoms with E-state index < -0.39 is 49.5 Å². The van der Waals surface area contributed by atoms with E-state index in [9.17, 15) is 30.3 Å². The number of amides is 1. The van der Waals surface area contributed by atoms with E-state index in [4.69, 9.17) is 9.47 Å². The molecule has 1 aliphatic rings. The summed E-state index contributed by atoms with van der Waals surface area (Å²) < 4.78 is 11.3. The Morgan fingerprint density at radius 1 is 0.466 bits per heavy atom. The Kier molecular flexibility index (Phi) is 51.6. The van der Waals surface area contributed by atoms with E-state index in [1.54, 1.807) is 0 Å². The highest BCUT2D eigenvalue weighted by Crippen LogP contribution is 2.23. The molecule has 1 aliphatic heterocycles. The molecule has 0 aromatic heterocycles. The second kappa shape index (κ2) is 54.0. The Labute approximate surface area is 451 Å². The van der Waals surface area contributed by atoms with Crippen LogP contribution in [0.25, 0.3) is 0 Å². The first-order valence-corrected chi connectivity index (χ1v) is 32.0. The van der Waals surface area contributed by atoms with E-state index in [0.717, 1.165) is 44.9 Å². The van der Waals surface area contributed by atoms with Gasteiger partial charge in [-0.2, -0.15) is 0 Å². The molecule has 7 atom stereocenters. The van der Waals surface area contributed by atoms with Gasteiger partial charge < -0.3 is 40.3 Å². The van der Waals surface area contributed by atoms with Crippen LogP contribution in [-0.2, 0) is 14.3 Å². The third-order valence-electron chi connectivity index (χ3n) is 15.6. The highest BCUT2D eigenvalue weighted by Gasteiger charge is 2.44. The van der Waals surface area contributed by atoms with Gasteiger partial charge in [-0.1, -0.05) is 295 Å². The molecule has 73 heavy (non-hydrogen) atoms. The maximum Gasteiger partial charge on any atom is 0.220 e. The molecule has 0 radical (unpaired) electrons. The molecule has 0 spiro atoms. The molecule has 1 saturated heterocycles. The lowest BCUT2D eigenvalue weighted by Crippen LogP contribution is -2.60. The summed E-state index contributed by atoms with van der Waals surface area (Å²) >= 11 is 0. The van der Waals surface area contributed by atoms with Crippen molar-refractivity contribution in [3.63, 3.8) is 0 Å². The summed E-state index contributed by atoms with van der Waals surface area (Å²) in [6, 6.07) is -0.717. The molecule has 9 heteroatoms. The van der Waals surface area contributed by atoms with Gasteiger partial charge >= 0.3 is 0 Å². The van der Waals surface area contributed by atoms with Crippen LogP contribution in [0.3, 0.4) is 0 Å². The molecule has 0 bridgehead atoms. The molecule has 0 aromatic rings. The predicted octanol–water partition coefficient (Wildman–Crippen LogP) is 16.5. The Balaban J connectivity index is 2.10. The fraction of sp³-hybridized carbons (Fsp3) is 0.922. The number of carbonyl (C=O) groups is 1. The molecule has 6 N–H and O–H groups in total. The van der Waals surface area contributed by atoms with Gasteiger partial charge in [0.05, 0.1) is 25.4 Å². The minimum absolute atomic E-state index is 0.134. The van der Waals surface area contributed by atoms with Crippen molar-refractivity contribution in [1.82, 2.24) is 5.32 Å². The highest BCUT2D eigenvalue weighted by molar-refractivity contribution is 5.76. The number of unbranched alkanes of at least 4 members (excludes halogenated alkanes) is 42. The van der Waals surface area contributed by atoms with E-state index in [0.29, 0.717) is 12.8 Å². The van der Waals surface area contributed by atoms with E-state index in [1.807, 2.05) is 0 Å². The van der Waals surface area contributed by atoms with Crippen molar-refractivity contribution in [3.8, 4) is 0 Å². The fourth-order valence-electron chi connectivity index (χ4n) is 10.5. The molecule has 1 heterocycles. The molecule has 9 nitrogen and oxygen atoms in total. The first-order valence-electron chi connectivity index (χ1n) is 32.0. The van der Waals surface area contributed by atoms with E-state index in [2.05, 4.69) is 43.5 Å². The minimum Gasteiger partial charge on any atom is -0.394 e. The maximum atomic E-state index is 13.1. The summed E-state index contributed by atoms with van der Waals surface area (Å²) in [7, 11) is 0. The second-order valence-electron chi connectivity index (χ2n) is 22.6. The van der Waals surface area contributed by atoms with Crippen LogP contribution >= 0.6 is 0 Å². The predicted molar refractivity (Wildman–Crippen MR) is 309 cm³/mol. The zero-order valence-electron chi connectivity index (χ0n) is 48.2. The first kappa shape index (κ1) is 69.7. The fourth-order valence-corrected chi connectivity index (χ4v) is 10.5. The summed E-state index contributed by atoms with van der Waals surface area (Å²) in [5, 5.41) is 54.7. The molecule has 1 amide bonds. The number of hydrogen-bond donors (Lipinski definition) is 6. The monoisotopic (exact) mass is 1030 g/mol. The zero-order chi connectivity index (χ0) is 52.9. The van der Waals surface area contributed by atoms with Crippen molar-refractivity contribution in [2.75, 3.05) is 13.2 Å². The average molecular weight is 1030 g/mol. The van der Waals surface area contributed by atoms with Gasteiger partial charge in [-0.05, 0) is 44.9 Å². The van der Waals surface area contributed by atoms with Crippen molar-refractivity contribution < 1.29 is 39.8 Å². The lowest BCUT2D eigenvalue weighted by atomic mass is 9.99. The summed E-state index contributed by atoms with van der Waals surface area (Å²) in [6.45, 7) is 3.88. The van der Waals surface area contributed by atoms with Crippen LogP contribution in [0.15, 0.2) is 24.3 Å². The smallest absolute Gasteiger partial charge is 0.220 e. The lowest BCUT2D eigenvalue weighted by molar-refractivity contribution is -0.302. The number of rotatable bonds is 56. The van der Waals surface area contributed by atoms with Gasteiger partial charge in [-0.3, -0.25) is 4.79 Å². The Morgan fingerprint density at radius 2 is 0.808 bits per heavy atom. The van der Waals surface area contributed by atoms with Gasteiger partial charge in [0.15, 0.2) is 6.29 Å². The molecule has 432 valence electrons. The standard InChI is InChI=1S/C64H123NO8/c1-3-5-7-9-11-13-15-17-19-21-22-23-24-25-26-27-28-29-30-31-32-33-34-35-36-38-40-42-44-46-48-50-52-54-60(68)65-57(56-72-64-63(71)62(70)61(69)59(55-66)73-64)58(67)53-51-49-47-45-43-41-39-37-20-18-16-14-12-10-8-6-4-2/h22-23,25-26,57-59,61-64,66-67,69-71H,3-21,24,27-56H2,1-2H3,(H,65,68)/b23-22-,26-25-. The molecule has 1 rings (SSSR count). The van der Waals surface area contributed by atoms with Gasteiger partial charge in [0.1, 0.15) is 24.4 Å². The number of hydrogen-bond acceptors (Lipinski definition) is 8. The SMILES string of the molecule is CCCCCCCCCCC/C=C\C/C=C\CCCCCCCCCCCCCCCCCCCC(=O)NC(COC1OC(CO)C(O)C(O)C1O)C(O)CCCCCCCCCCCCCCCCCCC. The Bertz CT molecular complexity index is 1200. The van der Waals surface area contributed by atoms with Crippen molar-refractivity contribution in [2.24, 2.45) is 0 Å². The summed E-state index contributed by atoms with van der Waals surface area (Å²) in [5.41, 5.74) is 0. The van der Waals surface area contributed by atoms with E-state index in [-0.39, 0.29) is 12.5 Å². The second-order valence-corrected chi connectivity index (χ2v) is 22.6. The molecule has 0 aliphatic carbocycles. The lowest BCUT2D eigenvalue weighted by Gasteiger charge is -2.40. The van der Waals surface area contributed by atoms with Gasteiger partial charge in [0.25, 0.3) is 0 Å². The number of aliphatic hydroxyl groups is 5. The number of nitrogens with one attached hydrogen (secondary N) is 1. The topological polar surface area (TPSA) is 149 Å². The molecule has 0 aromatic carbocycles.